The normalized spacial score (nSPS) is 14.8. The molecule has 1 aliphatic rings. The predicted molar refractivity (Wildman–Crippen MR) is 117 cm³/mol. The van der Waals surface area contributed by atoms with Crippen LogP contribution in [0.2, 0.25) is 5.02 Å². The van der Waals surface area contributed by atoms with Gasteiger partial charge in [-0.2, -0.15) is 4.98 Å². The molecule has 1 amide bonds. The van der Waals surface area contributed by atoms with Gasteiger partial charge in [0, 0.05) is 5.02 Å². The Kier molecular flexibility index (Phi) is 5.88. The minimum absolute atomic E-state index is 0.0451. The van der Waals surface area contributed by atoms with Crippen LogP contribution in [0, 0.1) is 5.82 Å². The lowest BCUT2D eigenvalue weighted by atomic mass is 9.78. The maximum Gasteiger partial charge on any atom is 0.356 e. The minimum Gasteiger partial charge on any atom is -0.476 e. The zero-order valence-corrected chi connectivity index (χ0v) is 18.0. The van der Waals surface area contributed by atoms with Gasteiger partial charge in [0.25, 0.3) is 0 Å². The van der Waals surface area contributed by atoms with Crippen molar-refractivity contribution in [1.82, 2.24) is 9.55 Å². The SMILES string of the molecule is COc1nc(NC(=O)C2(c3ccc(Cl)cc3)CCCC2)c(C(=O)O)n1-c1ccc(F)cc1. The van der Waals surface area contributed by atoms with E-state index in [0.717, 1.165) is 18.4 Å². The molecule has 0 saturated heterocycles. The van der Waals surface area contributed by atoms with Gasteiger partial charge in [-0.05, 0) is 54.8 Å². The van der Waals surface area contributed by atoms with E-state index in [-0.39, 0.29) is 23.4 Å². The molecule has 0 bridgehead atoms. The van der Waals surface area contributed by atoms with Crippen LogP contribution in [0.1, 0.15) is 41.7 Å². The molecule has 9 heteroatoms. The number of carbonyl (C=O) groups excluding carboxylic acids is 1. The zero-order chi connectivity index (χ0) is 22.9. The van der Waals surface area contributed by atoms with E-state index in [4.69, 9.17) is 16.3 Å². The third-order valence-corrected chi connectivity index (χ3v) is 6.09. The Morgan fingerprint density at radius 1 is 1.12 bits per heavy atom. The summed E-state index contributed by atoms with van der Waals surface area (Å²) in [7, 11) is 1.34. The van der Waals surface area contributed by atoms with E-state index in [9.17, 15) is 19.1 Å². The number of methoxy groups -OCH3 is 1. The van der Waals surface area contributed by atoms with Gasteiger partial charge in [-0.25, -0.2) is 9.18 Å². The molecule has 0 atom stereocenters. The molecule has 1 aliphatic carbocycles. The molecule has 0 aliphatic heterocycles. The summed E-state index contributed by atoms with van der Waals surface area (Å²) in [6.07, 6.45) is 2.99. The number of carboxylic acids is 1. The van der Waals surface area contributed by atoms with Gasteiger partial charge in [-0.15, -0.1) is 0 Å². The van der Waals surface area contributed by atoms with Crippen LogP contribution in [0.4, 0.5) is 10.2 Å². The van der Waals surface area contributed by atoms with Crippen molar-refractivity contribution in [2.45, 2.75) is 31.1 Å². The molecular weight excluding hydrogens is 437 g/mol. The van der Waals surface area contributed by atoms with Crippen LogP contribution in [0.5, 0.6) is 6.01 Å². The van der Waals surface area contributed by atoms with Crippen LogP contribution in [0.25, 0.3) is 5.69 Å². The second kappa shape index (κ2) is 8.63. The van der Waals surface area contributed by atoms with Crippen LogP contribution >= 0.6 is 11.6 Å². The van der Waals surface area contributed by atoms with Crippen molar-refractivity contribution in [2.24, 2.45) is 0 Å². The van der Waals surface area contributed by atoms with E-state index < -0.39 is 17.2 Å². The highest BCUT2D eigenvalue weighted by Gasteiger charge is 2.43. The highest BCUT2D eigenvalue weighted by Crippen LogP contribution is 2.42. The molecule has 2 aromatic carbocycles. The zero-order valence-electron chi connectivity index (χ0n) is 17.3. The lowest BCUT2D eigenvalue weighted by Crippen LogP contribution is -2.38. The van der Waals surface area contributed by atoms with Crippen LogP contribution < -0.4 is 10.1 Å². The molecule has 7 nitrogen and oxygen atoms in total. The van der Waals surface area contributed by atoms with Gasteiger partial charge in [0.1, 0.15) is 5.82 Å². The molecule has 0 unspecified atom stereocenters. The summed E-state index contributed by atoms with van der Waals surface area (Å²) < 4.78 is 19.9. The number of aromatic nitrogens is 2. The fourth-order valence-electron chi connectivity index (χ4n) is 4.27. The number of hydrogen-bond acceptors (Lipinski definition) is 4. The topological polar surface area (TPSA) is 93.4 Å². The largest absolute Gasteiger partial charge is 0.476 e. The van der Waals surface area contributed by atoms with E-state index in [2.05, 4.69) is 10.3 Å². The first kappa shape index (κ1) is 21.8. The first-order chi connectivity index (χ1) is 15.4. The third kappa shape index (κ3) is 3.82. The van der Waals surface area contributed by atoms with Gasteiger partial charge in [0.15, 0.2) is 11.5 Å². The average molecular weight is 458 g/mol. The number of imidazole rings is 1. The van der Waals surface area contributed by atoms with Crippen molar-refractivity contribution in [2.75, 3.05) is 12.4 Å². The van der Waals surface area contributed by atoms with E-state index >= 15 is 0 Å². The summed E-state index contributed by atoms with van der Waals surface area (Å²) in [4.78, 5) is 29.9. The van der Waals surface area contributed by atoms with Gasteiger partial charge >= 0.3 is 12.0 Å². The Balaban J connectivity index is 1.76. The number of benzene rings is 2. The van der Waals surface area contributed by atoms with Crippen molar-refractivity contribution in [1.29, 1.82) is 0 Å². The number of carboxylic acid groups (broad SMARTS) is 1. The number of hydrogen-bond donors (Lipinski definition) is 2. The Bertz CT molecular complexity index is 1150. The molecule has 166 valence electrons. The van der Waals surface area contributed by atoms with Crippen molar-refractivity contribution < 1.29 is 23.8 Å². The number of carbonyl (C=O) groups is 2. The summed E-state index contributed by atoms with van der Waals surface area (Å²) >= 11 is 6.02. The summed E-state index contributed by atoms with van der Waals surface area (Å²) in [5, 5.41) is 13.2. The lowest BCUT2D eigenvalue weighted by Gasteiger charge is -2.28. The number of nitrogens with zero attached hydrogens (tertiary/aromatic N) is 2. The molecule has 0 radical (unpaired) electrons. The molecule has 1 saturated carbocycles. The summed E-state index contributed by atoms with van der Waals surface area (Å²) in [5.74, 6) is -2.26. The van der Waals surface area contributed by atoms with Crippen molar-refractivity contribution >= 4 is 29.3 Å². The molecular formula is C23H21ClFN3O4. The standard InChI is InChI=1S/C23H21ClFN3O4/c1-32-22-27-19(18(20(29)30)28(22)17-10-8-16(25)9-11-17)26-21(31)23(12-2-3-13-23)14-4-6-15(24)7-5-14/h4-11H,2-3,12-13H2,1H3,(H,26,31)(H,29,30). The molecule has 1 heterocycles. The second-order valence-corrected chi connectivity index (χ2v) is 8.10. The first-order valence-electron chi connectivity index (χ1n) is 10.1. The highest BCUT2D eigenvalue weighted by atomic mass is 35.5. The Hall–Kier alpha value is -3.39. The molecule has 0 spiro atoms. The fraction of sp³-hybridized carbons (Fsp3) is 0.261. The van der Waals surface area contributed by atoms with Gasteiger partial charge in [0.2, 0.25) is 5.91 Å². The Labute approximate surface area is 188 Å². The quantitative estimate of drug-likeness (QED) is 0.553. The van der Waals surface area contributed by atoms with Gasteiger partial charge in [-0.3, -0.25) is 9.36 Å². The number of rotatable bonds is 6. The highest BCUT2D eigenvalue weighted by molar-refractivity contribution is 6.30. The number of amides is 1. The van der Waals surface area contributed by atoms with E-state index in [1.54, 1.807) is 12.1 Å². The predicted octanol–water partition coefficient (Wildman–Crippen LogP) is 4.82. The number of nitrogens with one attached hydrogen (secondary N) is 1. The van der Waals surface area contributed by atoms with Crippen molar-refractivity contribution in [3.05, 3.63) is 70.6 Å². The van der Waals surface area contributed by atoms with Gasteiger partial charge in [-0.1, -0.05) is 36.6 Å². The van der Waals surface area contributed by atoms with Crippen LogP contribution in [-0.4, -0.2) is 33.6 Å². The maximum absolute atomic E-state index is 13.5. The molecule has 3 aromatic rings. The van der Waals surface area contributed by atoms with E-state index in [1.807, 2.05) is 12.1 Å². The fourth-order valence-corrected chi connectivity index (χ4v) is 4.40. The lowest BCUT2D eigenvalue weighted by molar-refractivity contribution is -0.121. The first-order valence-corrected chi connectivity index (χ1v) is 10.5. The monoisotopic (exact) mass is 457 g/mol. The van der Waals surface area contributed by atoms with E-state index in [0.29, 0.717) is 23.6 Å². The average Bonchev–Trinajstić information content (AvgIpc) is 3.41. The van der Waals surface area contributed by atoms with Gasteiger partial charge < -0.3 is 15.2 Å². The van der Waals surface area contributed by atoms with E-state index in [1.165, 1.54) is 35.9 Å². The van der Waals surface area contributed by atoms with Crippen molar-refractivity contribution in [3.8, 4) is 11.7 Å². The molecule has 1 aromatic heterocycles. The van der Waals surface area contributed by atoms with Gasteiger partial charge in [0.05, 0.1) is 18.2 Å². The number of aromatic carboxylic acids is 1. The summed E-state index contributed by atoms with van der Waals surface area (Å²) in [6, 6.07) is 12.3. The molecule has 1 fully saturated rings. The minimum atomic E-state index is -1.31. The number of anilines is 1. The number of ether oxygens (including phenoxy) is 1. The summed E-state index contributed by atoms with van der Waals surface area (Å²) in [6.45, 7) is 0. The van der Waals surface area contributed by atoms with Crippen LogP contribution in [0.3, 0.4) is 0 Å². The second-order valence-electron chi connectivity index (χ2n) is 7.66. The molecule has 2 N–H and O–H groups in total. The van der Waals surface area contributed by atoms with Crippen molar-refractivity contribution in [3.63, 3.8) is 0 Å². The summed E-state index contributed by atoms with van der Waals surface area (Å²) in [5.41, 5.74) is 0.0551. The Morgan fingerprint density at radius 2 is 1.75 bits per heavy atom. The smallest absolute Gasteiger partial charge is 0.356 e. The Morgan fingerprint density at radius 3 is 2.31 bits per heavy atom. The van der Waals surface area contributed by atoms with Crippen LogP contribution in [-0.2, 0) is 10.2 Å². The van der Waals surface area contributed by atoms with Crippen LogP contribution in [0.15, 0.2) is 48.5 Å². The third-order valence-electron chi connectivity index (χ3n) is 5.84. The maximum atomic E-state index is 13.5. The number of halogens is 2. The molecule has 32 heavy (non-hydrogen) atoms. The molecule has 4 rings (SSSR count).